The standard InChI is InChI=1S/C11H14N2OS.ClH/c14-10-11(2-4-12-8-11)3-5-13(10)9-1-6-15-7-9;/h1,6-7,12H,2-5,8H2;1H. The molecule has 0 bridgehead atoms. The molecule has 1 spiro atoms. The summed E-state index contributed by atoms with van der Waals surface area (Å²) in [5, 5.41) is 7.39. The Morgan fingerprint density at radius 3 is 2.94 bits per heavy atom. The molecule has 5 heteroatoms. The van der Waals surface area contributed by atoms with Crippen LogP contribution in [-0.2, 0) is 4.79 Å². The second-order valence-electron chi connectivity index (χ2n) is 4.40. The van der Waals surface area contributed by atoms with Crippen molar-refractivity contribution in [3.63, 3.8) is 0 Å². The lowest BCUT2D eigenvalue weighted by molar-refractivity contribution is -0.124. The van der Waals surface area contributed by atoms with Gasteiger partial charge in [0.15, 0.2) is 0 Å². The Morgan fingerprint density at radius 1 is 1.44 bits per heavy atom. The van der Waals surface area contributed by atoms with E-state index in [1.807, 2.05) is 16.3 Å². The van der Waals surface area contributed by atoms with Crippen LogP contribution in [0.25, 0.3) is 0 Å². The molecule has 1 atom stereocenters. The van der Waals surface area contributed by atoms with Crippen LogP contribution in [0, 0.1) is 5.41 Å². The van der Waals surface area contributed by atoms with Gasteiger partial charge in [0.25, 0.3) is 0 Å². The summed E-state index contributed by atoms with van der Waals surface area (Å²) in [6.45, 7) is 2.74. The third-order valence-electron chi connectivity index (χ3n) is 3.57. The molecule has 0 saturated carbocycles. The van der Waals surface area contributed by atoms with E-state index in [-0.39, 0.29) is 17.8 Å². The number of nitrogens with zero attached hydrogens (tertiary/aromatic N) is 1. The number of rotatable bonds is 1. The smallest absolute Gasteiger partial charge is 0.234 e. The van der Waals surface area contributed by atoms with Crippen LogP contribution in [0.15, 0.2) is 16.8 Å². The summed E-state index contributed by atoms with van der Waals surface area (Å²) in [5.74, 6) is 0.325. The van der Waals surface area contributed by atoms with E-state index in [1.54, 1.807) is 11.3 Å². The minimum absolute atomic E-state index is 0. The van der Waals surface area contributed by atoms with Crippen LogP contribution in [-0.4, -0.2) is 25.5 Å². The number of anilines is 1. The van der Waals surface area contributed by atoms with Gasteiger partial charge in [-0.15, -0.1) is 12.4 Å². The summed E-state index contributed by atoms with van der Waals surface area (Å²) in [6, 6.07) is 2.03. The predicted octanol–water partition coefficient (Wildman–Crippen LogP) is 1.89. The molecule has 0 aromatic carbocycles. The fourth-order valence-electron chi connectivity index (χ4n) is 2.62. The lowest BCUT2D eigenvalue weighted by Gasteiger charge is -2.20. The van der Waals surface area contributed by atoms with Crippen molar-refractivity contribution in [1.82, 2.24) is 5.32 Å². The molecular formula is C11H15ClN2OS. The molecule has 2 aliphatic heterocycles. The first kappa shape index (κ1) is 11.9. The molecule has 0 aliphatic carbocycles. The zero-order chi connectivity index (χ0) is 10.3. The van der Waals surface area contributed by atoms with Crippen molar-refractivity contribution in [3.8, 4) is 0 Å². The van der Waals surface area contributed by atoms with Gasteiger partial charge in [0.05, 0.1) is 11.1 Å². The van der Waals surface area contributed by atoms with Crippen molar-refractivity contribution < 1.29 is 4.79 Å². The van der Waals surface area contributed by atoms with Crippen molar-refractivity contribution in [2.24, 2.45) is 5.41 Å². The monoisotopic (exact) mass is 258 g/mol. The van der Waals surface area contributed by atoms with Crippen molar-refractivity contribution in [1.29, 1.82) is 0 Å². The largest absolute Gasteiger partial charge is 0.316 e. The van der Waals surface area contributed by atoms with Gasteiger partial charge in [-0.25, -0.2) is 0 Å². The molecule has 16 heavy (non-hydrogen) atoms. The number of hydrogen-bond acceptors (Lipinski definition) is 3. The molecule has 1 aromatic rings. The van der Waals surface area contributed by atoms with Gasteiger partial charge in [-0.2, -0.15) is 11.3 Å². The topological polar surface area (TPSA) is 32.3 Å². The first-order valence-corrected chi connectivity index (χ1v) is 6.31. The number of nitrogens with one attached hydrogen (secondary N) is 1. The van der Waals surface area contributed by atoms with E-state index in [1.165, 1.54) is 0 Å². The third-order valence-corrected chi connectivity index (χ3v) is 4.25. The highest BCUT2D eigenvalue weighted by atomic mass is 35.5. The fraction of sp³-hybridized carbons (Fsp3) is 0.545. The maximum atomic E-state index is 12.3. The molecule has 88 valence electrons. The summed E-state index contributed by atoms with van der Waals surface area (Å²) >= 11 is 1.65. The Balaban J connectivity index is 0.000000963. The molecule has 2 fully saturated rings. The quantitative estimate of drug-likeness (QED) is 0.834. The van der Waals surface area contributed by atoms with Crippen molar-refractivity contribution in [2.45, 2.75) is 12.8 Å². The van der Waals surface area contributed by atoms with Crippen LogP contribution in [0.1, 0.15) is 12.8 Å². The highest BCUT2D eigenvalue weighted by Crippen LogP contribution is 2.39. The Bertz CT molecular complexity index is 373. The van der Waals surface area contributed by atoms with E-state index >= 15 is 0 Å². The molecule has 0 radical (unpaired) electrons. The Labute approximate surface area is 105 Å². The van der Waals surface area contributed by atoms with Gasteiger partial charge in [0.2, 0.25) is 5.91 Å². The van der Waals surface area contributed by atoms with Crippen LogP contribution < -0.4 is 10.2 Å². The van der Waals surface area contributed by atoms with E-state index in [0.29, 0.717) is 5.91 Å². The van der Waals surface area contributed by atoms with Crippen LogP contribution in [0.2, 0.25) is 0 Å². The van der Waals surface area contributed by atoms with Gasteiger partial charge in [-0.3, -0.25) is 4.79 Å². The van der Waals surface area contributed by atoms with Gasteiger partial charge in [-0.1, -0.05) is 0 Å². The van der Waals surface area contributed by atoms with Gasteiger partial charge < -0.3 is 10.2 Å². The van der Waals surface area contributed by atoms with Gasteiger partial charge in [0.1, 0.15) is 0 Å². The number of amides is 1. The molecule has 2 saturated heterocycles. The second-order valence-corrected chi connectivity index (χ2v) is 5.18. The Hall–Kier alpha value is -0.580. The van der Waals surface area contributed by atoms with Gasteiger partial charge in [0, 0.05) is 18.5 Å². The summed E-state index contributed by atoms with van der Waals surface area (Å²) in [7, 11) is 0. The highest BCUT2D eigenvalue weighted by Gasteiger charge is 2.48. The van der Waals surface area contributed by atoms with Gasteiger partial charge in [-0.05, 0) is 30.8 Å². The Morgan fingerprint density at radius 2 is 2.31 bits per heavy atom. The fourth-order valence-corrected chi connectivity index (χ4v) is 3.26. The lowest BCUT2D eigenvalue weighted by atomic mass is 9.86. The van der Waals surface area contributed by atoms with E-state index in [4.69, 9.17) is 0 Å². The number of halogens is 1. The highest BCUT2D eigenvalue weighted by molar-refractivity contribution is 7.08. The van der Waals surface area contributed by atoms with Crippen LogP contribution >= 0.6 is 23.7 Å². The van der Waals surface area contributed by atoms with E-state index in [0.717, 1.165) is 38.2 Å². The van der Waals surface area contributed by atoms with E-state index in [9.17, 15) is 4.79 Å². The molecule has 1 unspecified atom stereocenters. The lowest BCUT2D eigenvalue weighted by Crippen LogP contribution is -2.35. The number of thiophene rings is 1. The van der Waals surface area contributed by atoms with Crippen LogP contribution in [0.3, 0.4) is 0 Å². The van der Waals surface area contributed by atoms with E-state index < -0.39 is 0 Å². The van der Waals surface area contributed by atoms with E-state index in [2.05, 4.69) is 10.7 Å². The molecule has 1 aromatic heterocycles. The second kappa shape index (κ2) is 4.35. The maximum Gasteiger partial charge on any atom is 0.234 e. The number of hydrogen-bond donors (Lipinski definition) is 1. The first-order valence-electron chi connectivity index (χ1n) is 5.37. The van der Waals surface area contributed by atoms with Crippen LogP contribution in [0.4, 0.5) is 5.69 Å². The van der Waals surface area contributed by atoms with Gasteiger partial charge >= 0.3 is 0 Å². The minimum Gasteiger partial charge on any atom is -0.316 e. The average molecular weight is 259 g/mol. The maximum absolute atomic E-state index is 12.3. The number of carbonyl (C=O) groups is 1. The summed E-state index contributed by atoms with van der Waals surface area (Å²) in [6.07, 6.45) is 2.02. The molecule has 3 nitrogen and oxygen atoms in total. The molecule has 2 aliphatic rings. The SMILES string of the molecule is Cl.O=C1N(c2ccsc2)CCC12CCNC2. The minimum atomic E-state index is -0.0814. The van der Waals surface area contributed by atoms with Crippen molar-refractivity contribution in [2.75, 3.05) is 24.5 Å². The van der Waals surface area contributed by atoms with Crippen molar-refractivity contribution >= 4 is 35.3 Å². The Kier molecular flexibility index (Phi) is 3.24. The average Bonchev–Trinajstić information content (AvgIpc) is 2.93. The van der Waals surface area contributed by atoms with Crippen molar-refractivity contribution in [3.05, 3.63) is 16.8 Å². The summed E-state index contributed by atoms with van der Waals surface area (Å²) in [5.41, 5.74) is 0.996. The molecular weight excluding hydrogens is 244 g/mol. The molecule has 3 rings (SSSR count). The normalized spacial score (nSPS) is 28.8. The molecule has 1 amide bonds. The number of carbonyl (C=O) groups excluding carboxylic acids is 1. The zero-order valence-corrected chi connectivity index (χ0v) is 10.6. The summed E-state index contributed by atoms with van der Waals surface area (Å²) < 4.78 is 0. The summed E-state index contributed by atoms with van der Waals surface area (Å²) in [4.78, 5) is 14.3. The predicted molar refractivity (Wildman–Crippen MR) is 68.5 cm³/mol. The third kappa shape index (κ3) is 1.65. The molecule has 3 heterocycles. The zero-order valence-electron chi connectivity index (χ0n) is 8.94. The van der Waals surface area contributed by atoms with Crippen LogP contribution in [0.5, 0.6) is 0 Å². The first-order chi connectivity index (χ1) is 7.32. The molecule has 1 N–H and O–H groups in total.